The van der Waals surface area contributed by atoms with Gasteiger partial charge in [0.2, 0.25) is 21.8 Å². The average molecular weight is 408 g/mol. The van der Waals surface area contributed by atoms with E-state index < -0.39 is 16.1 Å². The fourth-order valence-electron chi connectivity index (χ4n) is 4.27. The first-order valence-corrected chi connectivity index (χ1v) is 11.5. The van der Waals surface area contributed by atoms with Crippen molar-refractivity contribution in [3.8, 4) is 0 Å². The van der Waals surface area contributed by atoms with Crippen LogP contribution in [0.5, 0.6) is 0 Å². The number of sulfonamides is 1. The zero-order valence-electron chi connectivity index (χ0n) is 16.8. The molecule has 8 heteroatoms. The first kappa shape index (κ1) is 20.8. The summed E-state index contributed by atoms with van der Waals surface area (Å²) in [5.74, 6) is -0.379. The number of amides is 2. The van der Waals surface area contributed by atoms with Crippen LogP contribution in [0.25, 0.3) is 0 Å². The number of rotatable bonds is 6. The second kappa shape index (κ2) is 8.21. The van der Waals surface area contributed by atoms with Crippen LogP contribution in [0.1, 0.15) is 52.0 Å². The molecule has 1 saturated carbocycles. The third-order valence-corrected chi connectivity index (χ3v) is 7.77. The molecule has 0 saturated heterocycles. The van der Waals surface area contributed by atoms with Gasteiger partial charge in [-0.25, -0.2) is 8.42 Å². The van der Waals surface area contributed by atoms with Crippen molar-refractivity contribution >= 4 is 27.5 Å². The molecule has 0 bridgehead atoms. The van der Waals surface area contributed by atoms with Crippen LogP contribution in [-0.4, -0.2) is 49.7 Å². The van der Waals surface area contributed by atoms with Crippen LogP contribution in [-0.2, 0) is 26.0 Å². The van der Waals surface area contributed by atoms with E-state index in [1.807, 2.05) is 0 Å². The number of anilines is 1. The molecule has 1 aliphatic carbocycles. The summed E-state index contributed by atoms with van der Waals surface area (Å²) in [6.45, 7) is 5.82. The van der Waals surface area contributed by atoms with Crippen LogP contribution in [0, 0.1) is 0 Å². The van der Waals surface area contributed by atoms with Crippen LogP contribution in [0.4, 0.5) is 5.69 Å². The van der Waals surface area contributed by atoms with E-state index >= 15 is 0 Å². The van der Waals surface area contributed by atoms with Crippen molar-refractivity contribution in [3.63, 3.8) is 0 Å². The van der Waals surface area contributed by atoms with Crippen LogP contribution in [0.2, 0.25) is 0 Å². The number of nitrogens with zero attached hydrogens (tertiary/aromatic N) is 2. The van der Waals surface area contributed by atoms with Gasteiger partial charge in [0.05, 0.1) is 4.90 Å². The monoisotopic (exact) mass is 407 g/mol. The second-order valence-corrected chi connectivity index (χ2v) is 9.42. The van der Waals surface area contributed by atoms with Gasteiger partial charge < -0.3 is 5.32 Å². The van der Waals surface area contributed by atoms with Crippen molar-refractivity contribution in [2.24, 2.45) is 0 Å². The SMILES string of the molecule is CCN(CC)S(=O)(=O)c1ccc2c(c1)CC(C(=O)NC1CCCC1)N2C(C)=O. The molecule has 1 aromatic rings. The second-order valence-electron chi connectivity index (χ2n) is 7.48. The van der Waals surface area contributed by atoms with Crippen LogP contribution < -0.4 is 10.2 Å². The molecule has 1 heterocycles. The van der Waals surface area contributed by atoms with Gasteiger partial charge in [-0.3, -0.25) is 14.5 Å². The van der Waals surface area contributed by atoms with Gasteiger partial charge >= 0.3 is 0 Å². The van der Waals surface area contributed by atoms with Crippen molar-refractivity contribution < 1.29 is 18.0 Å². The van der Waals surface area contributed by atoms with Gasteiger partial charge in [-0.2, -0.15) is 4.31 Å². The van der Waals surface area contributed by atoms with Gasteiger partial charge in [0.1, 0.15) is 6.04 Å². The highest BCUT2D eigenvalue weighted by atomic mass is 32.2. The van der Waals surface area contributed by atoms with E-state index in [2.05, 4.69) is 5.32 Å². The summed E-state index contributed by atoms with van der Waals surface area (Å²) in [5, 5.41) is 3.06. The molecule has 1 fully saturated rings. The number of carbonyl (C=O) groups excluding carboxylic acids is 2. The molecule has 2 amide bonds. The van der Waals surface area contributed by atoms with Gasteiger partial charge in [-0.15, -0.1) is 0 Å². The van der Waals surface area contributed by atoms with Crippen molar-refractivity contribution in [2.75, 3.05) is 18.0 Å². The van der Waals surface area contributed by atoms with E-state index in [-0.39, 0.29) is 22.8 Å². The summed E-state index contributed by atoms with van der Waals surface area (Å²) in [7, 11) is -3.59. The molecular formula is C20H29N3O4S. The molecule has 0 aromatic heterocycles. The van der Waals surface area contributed by atoms with Gasteiger partial charge in [0.25, 0.3) is 0 Å². The Morgan fingerprint density at radius 1 is 1.18 bits per heavy atom. The Labute approximate surface area is 167 Å². The minimum absolute atomic E-state index is 0.161. The van der Waals surface area contributed by atoms with Gasteiger partial charge in [0.15, 0.2) is 0 Å². The normalized spacial score (nSPS) is 19.9. The maximum Gasteiger partial charge on any atom is 0.243 e. The maximum absolute atomic E-state index is 12.8. The topological polar surface area (TPSA) is 86.8 Å². The summed E-state index contributed by atoms with van der Waals surface area (Å²) in [5.41, 5.74) is 1.34. The highest BCUT2D eigenvalue weighted by Crippen LogP contribution is 2.35. The molecule has 0 spiro atoms. The molecule has 2 aliphatic rings. The minimum Gasteiger partial charge on any atom is -0.352 e. The van der Waals surface area contributed by atoms with Crippen molar-refractivity contribution in [1.29, 1.82) is 0 Å². The quantitative estimate of drug-likeness (QED) is 0.782. The van der Waals surface area contributed by atoms with Gasteiger partial charge in [-0.1, -0.05) is 26.7 Å². The Bertz CT molecular complexity index is 858. The highest BCUT2D eigenvalue weighted by Gasteiger charge is 2.38. The van der Waals surface area contributed by atoms with Crippen LogP contribution in [0.3, 0.4) is 0 Å². The summed E-state index contributed by atoms with van der Waals surface area (Å²) >= 11 is 0. The Morgan fingerprint density at radius 2 is 1.82 bits per heavy atom. The molecule has 0 radical (unpaired) electrons. The fraction of sp³-hybridized carbons (Fsp3) is 0.600. The first-order chi connectivity index (χ1) is 13.3. The third kappa shape index (κ3) is 3.80. The number of carbonyl (C=O) groups is 2. The van der Waals surface area contributed by atoms with E-state index in [4.69, 9.17) is 0 Å². The molecular weight excluding hydrogens is 378 g/mol. The van der Waals surface area contributed by atoms with E-state index in [0.717, 1.165) is 31.2 Å². The van der Waals surface area contributed by atoms with Crippen molar-refractivity contribution in [1.82, 2.24) is 9.62 Å². The smallest absolute Gasteiger partial charge is 0.243 e. The molecule has 28 heavy (non-hydrogen) atoms. The highest BCUT2D eigenvalue weighted by molar-refractivity contribution is 7.89. The lowest BCUT2D eigenvalue weighted by Crippen LogP contribution is -2.49. The standard InChI is InChI=1S/C20H29N3O4S/c1-4-22(5-2)28(26,27)17-10-11-18-15(12-17)13-19(23(18)14(3)24)20(25)21-16-8-6-7-9-16/h10-12,16,19H,4-9,13H2,1-3H3,(H,21,25). The molecule has 1 N–H and O–H groups in total. The van der Waals surface area contributed by atoms with E-state index in [9.17, 15) is 18.0 Å². The lowest BCUT2D eigenvalue weighted by atomic mass is 10.1. The largest absolute Gasteiger partial charge is 0.352 e. The Balaban J connectivity index is 1.89. The van der Waals surface area contributed by atoms with E-state index in [1.165, 1.54) is 22.2 Å². The number of benzene rings is 1. The van der Waals surface area contributed by atoms with E-state index in [0.29, 0.717) is 25.2 Å². The zero-order chi connectivity index (χ0) is 20.5. The summed E-state index contributed by atoms with van der Waals surface area (Å²) < 4.78 is 27.0. The number of fused-ring (bicyclic) bond motifs is 1. The van der Waals surface area contributed by atoms with Crippen LogP contribution in [0.15, 0.2) is 23.1 Å². The lowest BCUT2D eigenvalue weighted by Gasteiger charge is -2.25. The molecule has 154 valence electrons. The van der Waals surface area contributed by atoms with Crippen molar-refractivity contribution in [3.05, 3.63) is 23.8 Å². The molecule has 1 aliphatic heterocycles. The molecule has 7 nitrogen and oxygen atoms in total. The molecule has 3 rings (SSSR count). The average Bonchev–Trinajstić information content (AvgIpc) is 3.28. The summed E-state index contributed by atoms with van der Waals surface area (Å²) in [6, 6.07) is 4.33. The van der Waals surface area contributed by atoms with Gasteiger partial charge in [0, 0.05) is 38.2 Å². The molecule has 1 atom stereocenters. The summed E-state index contributed by atoms with van der Waals surface area (Å²) in [6.07, 6.45) is 4.49. The Kier molecular flexibility index (Phi) is 6.09. The lowest BCUT2D eigenvalue weighted by molar-refractivity contribution is -0.126. The maximum atomic E-state index is 12.8. The first-order valence-electron chi connectivity index (χ1n) is 10.0. The number of nitrogens with one attached hydrogen (secondary N) is 1. The predicted octanol–water partition coefficient (Wildman–Crippen LogP) is 2.05. The third-order valence-electron chi connectivity index (χ3n) is 5.72. The van der Waals surface area contributed by atoms with Crippen LogP contribution >= 0.6 is 0 Å². The molecule has 1 aromatic carbocycles. The van der Waals surface area contributed by atoms with E-state index in [1.54, 1.807) is 26.0 Å². The number of hydrogen-bond donors (Lipinski definition) is 1. The minimum atomic E-state index is -3.59. The number of hydrogen-bond acceptors (Lipinski definition) is 4. The van der Waals surface area contributed by atoms with Gasteiger partial charge in [-0.05, 0) is 36.6 Å². The van der Waals surface area contributed by atoms with Crippen molar-refractivity contribution in [2.45, 2.75) is 69.9 Å². The summed E-state index contributed by atoms with van der Waals surface area (Å²) in [4.78, 5) is 26.8. The fourth-order valence-corrected chi connectivity index (χ4v) is 5.78. The zero-order valence-corrected chi connectivity index (χ0v) is 17.6. The Hall–Kier alpha value is -1.93. The molecule has 1 unspecified atom stereocenters. The Morgan fingerprint density at radius 3 is 2.39 bits per heavy atom. The predicted molar refractivity (Wildman–Crippen MR) is 108 cm³/mol.